The highest BCUT2D eigenvalue weighted by molar-refractivity contribution is 9.10. The molecule has 0 radical (unpaired) electrons. The zero-order chi connectivity index (χ0) is 24.6. The smallest absolute Gasteiger partial charge is 0.410 e. The molecule has 1 amide bonds. The van der Waals surface area contributed by atoms with Gasteiger partial charge in [0.05, 0.1) is 17.3 Å². The molecule has 1 fully saturated rings. The quantitative estimate of drug-likeness (QED) is 0.501. The van der Waals surface area contributed by atoms with Crippen LogP contribution in [-0.4, -0.2) is 61.3 Å². The number of carbonyl (C=O) groups excluding carboxylic acids is 1. The van der Waals surface area contributed by atoms with Crippen LogP contribution in [0.3, 0.4) is 0 Å². The predicted octanol–water partition coefficient (Wildman–Crippen LogP) is 3.88. The van der Waals surface area contributed by atoms with E-state index in [-0.39, 0.29) is 23.2 Å². The summed E-state index contributed by atoms with van der Waals surface area (Å²) in [6.45, 7) is 8.62. The molecule has 1 aliphatic heterocycles. The summed E-state index contributed by atoms with van der Waals surface area (Å²) in [5.41, 5.74) is 1.59. The summed E-state index contributed by atoms with van der Waals surface area (Å²) in [4.78, 5) is 33.3. The average molecular weight is 533 g/mol. The van der Waals surface area contributed by atoms with Gasteiger partial charge in [-0.25, -0.2) is 9.78 Å². The number of hydrogen-bond acceptors (Lipinski definition) is 7. The first-order valence-corrected chi connectivity index (χ1v) is 12.1. The minimum Gasteiger partial charge on any atom is -0.481 e. The van der Waals surface area contributed by atoms with Gasteiger partial charge in [0.25, 0.3) is 5.56 Å². The maximum absolute atomic E-state index is 13.6. The van der Waals surface area contributed by atoms with Crippen molar-refractivity contribution in [2.75, 3.05) is 20.2 Å². The molecule has 4 rings (SSSR count). The third-order valence-electron chi connectivity index (χ3n) is 5.76. The van der Waals surface area contributed by atoms with Crippen molar-refractivity contribution in [3.05, 3.63) is 38.9 Å². The molecule has 10 nitrogen and oxygen atoms in total. The Balaban J connectivity index is 1.68. The van der Waals surface area contributed by atoms with Crippen LogP contribution >= 0.6 is 15.9 Å². The van der Waals surface area contributed by atoms with Crippen LogP contribution in [0, 0.1) is 0 Å². The maximum Gasteiger partial charge on any atom is 0.410 e. The van der Waals surface area contributed by atoms with Gasteiger partial charge in [-0.2, -0.15) is 0 Å². The van der Waals surface area contributed by atoms with E-state index in [1.54, 1.807) is 23.2 Å². The zero-order valence-corrected chi connectivity index (χ0v) is 21.6. The molecule has 0 spiro atoms. The molecule has 0 unspecified atom stereocenters. The molecule has 0 aromatic carbocycles. The highest BCUT2D eigenvalue weighted by Gasteiger charge is 2.30. The standard InChI is InChI=1S/C23H29BrN6O4/c1-6-16-18(24)19-20(27-30(26-19)15-7-10-25-17(13-15)33-5)21(31)29(16)14-8-11-28(12-9-14)22(32)34-23(2,3)4/h7,10,13-14H,6,8-9,11-12H2,1-5H3. The van der Waals surface area contributed by atoms with Gasteiger partial charge in [0.2, 0.25) is 5.88 Å². The highest BCUT2D eigenvalue weighted by atomic mass is 79.9. The molecule has 0 aliphatic carbocycles. The first-order valence-electron chi connectivity index (χ1n) is 11.3. The van der Waals surface area contributed by atoms with Gasteiger partial charge < -0.3 is 18.9 Å². The Labute approximate surface area is 206 Å². The third-order valence-corrected chi connectivity index (χ3v) is 6.60. The molecule has 11 heteroatoms. The van der Waals surface area contributed by atoms with Gasteiger partial charge in [-0.05, 0) is 62.0 Å². The molecular weight excluding hydrogens is 504 g/mol. The number of amides is 1. The van der Waals surface area contributed by atoms with Crippen LogP contribution in [0.5, 0.6) is 5.88 Å². The van der Waals surface area contributed by atoms with Gasteiger partial charge in [-0.15, -0.1) is 15.0 Å². The topological polar surface area (TPSA) is 104 Å². The van der Waals surface area contributed by atoms with Crippen LogP contribution in [-0.2, 0) is 11.2 Å². The lowest BCUT2D eigenvalue weighted by atomic mass is 10.0. The van der Waals surface area contributed by atoms with Crippen LogP contribution in [0.25, 0.3) is 16.7 Å². The number of ether oxygens (including phenoxy) is 2. The van der Waals surface area contributed by atoms with E-state index in [0.717, 1.165) is 10.2 Å². The fourth-order valence-corrected chi connectivity index (χ4v) is 4.91. The van der Waals surface area contributed by atoms with E-state index in [1.165, 1.54) is 11.9 Å². The fraction of sp³-hybridized carbons (Fsp3) is 0.522. The Morgan fingerprint density at radius 1 is 1.21 bits per heavy atom. The number of nitrogens with zero attached hydrogens (tertiary/aromatic N) is 6. The second kappa shape index (κ2) is 9.36. The number of piperidine rings is 1. The van der Waals surface area contributed by atoms with Crippen molar-refractivity contribution in [1.82, 2.24) is 29.4 Å². The van der Waals surface area contributed by atoms with E-state index in [0.29, 0.717) is 49.4 Å². The average Bonchev–Trinajstić information content (AvgIpc) is 3.26. The molecule has 182 valence electrons. The van der Waals surface area contributed by atoms with Crippen LogP contribution in [0.4, 0.5) is 4.79 Å². The molecule has 34 heavy (non-hydrogen) atoms. The maximum atomic E-state index is 13.6. The van der Waals surface area contributed by atoms with Crippen molar-refractivity contribution in [3.63, 3.8) is 0 Å². The molecule has 1 aliphatic rings. The van der Waals surface area contributed by atoms with E-state index < -0.39 is 5.60 Å². The van der Waals surface area contributed by atoms with E-state index in [2.05, 4.69) is 31.1 Å². The monoisotopic (exact) mass is 532 g/mol. The van der Waals surface area contributed by atoms with Crippen LogP contribution in [0.15, 0.2) is 27.6 Å². The van der Waals surface area contributed by atoms with Gasteiger partial charge in [-0.1, -0.05) is 6.92 Å². The van der Waals surface area contributed by atoms with Gasteiger partial charge in [0.15, 0.2) is 5.52 Å². The van der Waals surface area contributed by atoms with Gasteiger partial charge in [0, 0.05) is 37.1 Å². The summed E-state index contributed by atoms with van der Waals surface area (Å²) in [6.07, 6.45) is 3.24. The lowest BCUT2D eigenvalue weighted by Gasteiger charge is -2.35. The first kappa shape index (κ1) is 24.2. The number of likely N-dealkylation sites (tertiary alicyclic amines) is 1. The van der Waals surface area contributed by atoms with Crippen molar-refractivity contribution >= 4 is 33.1 Å². The third kappa shape index (κ3) is 4.66. The number of methoxy groups -OCH3 is 1. The van der Waals surface area contributed by atoms with E-state index >= 15 is 0 Å². The molecule has 0 atom stereocenters. The molecule has 0 N–H and O–H groups in total. The Hall–Kier alpha value is -2.95. The molecule has 0 saturated carbocycles. The number of aromatic nitrogens is 5. The molecule has 3 aromatic heterocycles. The summed E-state index contributed by atoms with van der Waals surface area (Å²) in [7, 11) is 1.54. The Morgan fingerprint density at radius 3 is 2.50 bits per heavy atom. The molecule has 3 aromatic rings. The normalized spacial score (nSPS) is 15.1. The number of fused-ring (bicyclic) bond motifs is 1. The fourth-order valence-electron chi connectivity index (χ4n) is 4.17. The summed E-state index contributed by atoms with van der Waals surface area (Å²) in [6, 6.07) is 3.41. The predicted molar refractivity (Wildman–Crippen MR) is 131 cm³/mol. The number of pyridine rings is 2. The van der Waals surface area contributed by atoms with Gasteiger partial charge >= 0.3 is 6.09 Å². The molecular formula is C23H29BrN6O4. The summed E-state index contributed by atoms with van der Waals surface area (Å²) in [5.74, 6) is 0.432. The molecule has 4 heterocycles. The van der Waals surface area contributed by atoms with Crippen molar-refractivity contribution in [1.29, 1.82) is 0 Å². The molecule has 1 saturated heterocycles. The van der Waals surface area contributed by atoms with Crippen LogP contribution < -0.4 is 10.3 Å². The van der Waals surface area contributed by atoms with E-state index in [9.17, 15) is 9.59 Å². The van der Waals surface area contributed by atoms with Gasteiger partial charge in [0.1, 0.15) is 11.1 Å². The SMILES string of the molecule is CCc1c(Br)c2nn(-c3ccnc(OC)c3)nc2c(=O)n1C1CCN(C(=O)OC(C)(C)C)CC1. The van der Waals surface area contributed by atoms with Crippen LogP contribution in [0.2, 0.25) is 0 Å². The number of carbonyl (C=O) groups is 1. The summed E-state index contributed by atoms with van der Waals surface area (Å²) < 4.78 is 13.3. The Morgan fingerprint density at radius 2 is 1.88 bits per heavy atom. The summed E-state index contributed by atoms with van der Waals surface area (Å²) in [5, 5.41) is 9.08. The van der Waals surface area contributed by atoms with Crippen molar-refractivity contribution in [2.45, 2.75) is 58.6 Å². The van der Waals surface area contributed by atoms with Crippen molar-refractivity contribution in [3.8, 4) is 11.6 Å². The van der Waals surface area contributed by atoms with Gasteiger partial charge in [-0.3, -0.25) is 4.79 Å². The number of halogens is 1. The highest BCUT2D eigenvalue weighted by Crippen LogP contribution is 2.30. The van der Waals surface area contributed by atoms with E-state index in [1.807, 2.05) is 32.3 Å². The second-order valence-corrected chi connectivity index (χ2v) is 10.0. The largest absolute Gasteiger partial charge is 0.481 e. The second-order valence-electron chi connectivity index (χ2n) is 9.23. The zero-order valence-electron chi connectivity index (χ0n) is 20.0. The Kier molecular flexibility index (Phi) is 6.66. The Bertz CT molecular complexity index is 1270. The van der Waals surface area contributed by atoms with Crippen molar-refractivity contribution < 1.29 is 14.3 Å². The number of rotatable bonds is 4. The van der Waals surface area contributed by atoms with Crippen LogP contribution in [0.1, 0.15) is 52.3 Å². The van der Waals surface area contributed by atoms with Crippen molar-refractivity contribution in [2.24, 2.45) is 0 Å². The lowest BCUT2D eigenvalue weighted by molar-refractivity contribution is 0.0187. The minimum absolute atomic E-state index is 0.0481. The lowest BCUT2D eigenvalue weighted by Crippen LogP contribution is -2.43. The van der Waals surface area contributed by atoms with E-state index in [4.69, 9.17) is 9.47 Å². The molecule has 0 bridgehead atoms. The number of hydrogen-bond donors (Lipinski definition) is 0. The summed E-state index contributed by atoms with van der Waals surface area (Å²) >= 11 is 3.68. The first-order chi connectivity index (χ1) is 16.1. The minimum atomic E-state index is -0.541.